The number of benzene rings is 1. The fourth-order valence-corrected chi connectivity index (χ4v) is 2.45. The number of carbonyl (C=O) groups excluding carboxylic acids is 1. The summed E-state index contributed by atoms with van der Waals surface area (Å²) in [5.74, 6) is 1.50. The van der Waals surface area contributed by atoms with Crippen molar-refractivity contribution in [1.82, 2.24) is 25.4 Å². The summed E-state index contributed by atoms with van der Waals surface area (Å²) in [4.78, 5) is 18.7. The van der Waals surface area contributed by atoms with E-state index >= 15 is 0 Å². The maximum atomic E-state index is 12.3. The molecule has 1 heterocycles. The molecule has 1 aromatic carbocycles. The minimum Gasteiger partial charge on any atom is -0.328 e. The second kappa shape index (κ2) is 7.92. The smallest absolute Gasteiger partial charge is 0.319 e. The number of aryl methyl sites for hydroxylation is 1. The maximum Gasteiger partial charge on any atom is 0.319 e. The number of carbonyl (C=O) groups is 1. The van der Waals surface area contributed by atoms with Crippen molar-refractivity contribution >= 4 is 11.7 Å². The number of hydrogen-bond donors (Lipinski definition) is 3. The zero-order valence-corrected chi connectivity index (χ0v) is 14.9. The van der Waals surface area contributed by atoms with Crippen molar-refractivity contribution in [2.24, 2.45) is 5.92 Å². The fourth-order valence-electron chi connectivity index (χ4n) is 2.45. The Kier molecular flexibility index (Phi) is 5.92. The van der Waals surface area contributed by atoms with Crippen LogP contribution in [-0.2, 0) is 6.54 Å². The minimum atomic E-state index is -0.266. The lowest BCUT2D eigenvalue weighted by Gasteiger charge is -2.20. The highest BCUT2D eigenvalue weighted by atomic mass is 16.2. The standard InChI is InChI=1S/C17H26N6O/c1-11(2)15(16-18-12(3)21-22-16)20-17(24)19-14-8-6-7-13(9-14)10-23(4)5/h6-9,11,15H,10H2,1-5H3,(H,18,21,22)(H2,19,20,24)/t15-/m0/s1. The van der Waals surface area contributed by atoms with E-state index in [1.54, 1.807) is 0 Å². The van der Waals surface area contributed by atoms with E-state index in [9.17, 15) is 4.79 Å². The highest BCUT2D eigenvalue weighted by Crippen LogP contribution is 2.19. The molecule has 3 N–H and O–H groups in total. The Labute approximate surface area is 142 Å². The predicted molar refractivity (Wildman–Crippen MR) is 94.7 cm³/mol. The molecular weight excluding hydrogens is 304 g/mol. The lowest BCUT2D eigenvalue weighted by molar-refractivity contribution is 0.244. The first-order valence-corrected chi connectivity index (χ1v) is 8.05. The van der Waals surface area contributed by atoms with Crippen LogP contribution in [0.15, 0.2) is 24.3 Å². The van der Waals surface area contributed by atoms with Crippen LogP contribution in [0.1, 0.15) is 37.1 Å². The Morgan fingerprint density at radius 2 is 2.08 bits per heavy atom. The largest absolute Gasteiger partial charge is 0.328 e. The SMILES string of the molecule is Cc1nc([C@@H](NC(=O)Nc2cccc(CN(C)C)c2)C(C)C)n[nH]1. The van der Waals surface area contributed by atoms with Gasteiger partial charge < -0.3 is 15.5 Å². The number of amides is 2. The zero-order chi connectivity index (χ0) is 17.7. The Bertz CT molecular complexity index is 679. The van der Waals surface area contributed by atoms with Gasteiger partial charge in [-0.15, -0.1) is 0 Å². The molecule has 0 aliphatic carbocycles. The van der Waals surface area contributed by atoms with E-state index in [2.05, 4.69) is 30.7 Å². The van der Waals surface area contributed by atoms with Crippen LogP contribution < -0.4 is 10.6 Å². The first-order chi connectivity index (χ1) is 11.3. The highest BCUT2D eigenvalue weighted by Gasteiger charge is 2.22. The second-order valence-electron chi connectivity index (χ2n) is 6.54. The predicted octanol–water partition coefficient (Wildman–Crippen LogP) is 2.69. The third kappa shape index (κ3) is 5.06. The molecule has 0 unspecified atom stereocenters. The molecule has 7 heteroatoms. The molecule has 0 saturated heterocycles. The van der Waals surface area contributed by atoms with Crippen molar-refractivity contribution in [3.8, 4) is 0 Å². The summed E-state index contributed by atoms with van der Waals surface area (Å²) < 4.78 is 0. The van der Waals surface area contributed by atoms with Gasteiger partial charge in [-0.05, 0) is 44.6 Å². The van der Waals surface area contributed by atoms with Crippen LogP contribution in [-0.4, -0.2) is 40.2 Å². The first-order valence-electron chi connectivity index (χ1n) is 8.05. The molecule has 130 valence electrons. The Morgan fingerprint density at radius 3 is 2.67 bits per heavy atom. The van der Waals surface area contributed by atoms with Crippen LogP contribution in [0.4, 0.5) is 10.5 Å². The van der Waals surface area contributed by atoms with Gasteiger partial charge >= 0.3 is 6.03 Å². The number of nitrogens with zero attached hydrogens (tertiary/aromatic N) is 3. The first kappa shape index (κ1) is 17.9. The average Bonchev–Trinajstić information content (AvgIpc) is 2.90. The number of anilines is 1. The summed E-state index contributed by atoms with van der Waals surface area (Å²) in [7, 11) is 4.03. The monoisotopic (exact) mass is 330 g/mol. The van der Waals surface area contributed by atoms with Crippen LogP contribution in [0, 0.1) is 12.8 Å². The summed E-state index contributed by atoms with van der Waals surface area (Å²) in [5, 5.41) is 12.8. The molecule has 0 bridgehead atoms. The summed E-state index contributed by atoms with van der Waals surface area (Å²) in [6, 6.07) is 7.31. The van der Waals surface area contributed by atoms with Gasteiger partial charge in [0, 0.05) is 12.2 Å². The molecule has 0 aliphatic heterocycles. The molecule has 0 fully saturated rings. The molecular formula is C17H26N6O. The number of nitrogens with one attached hydrogen (secondary N) is 3. The molecule has 2 rings (SSSR count). The van der Waals surface area contributed by atoms with E-state index in [-0.39, 0.29) is 18.0 Å². The average molecular weight is 330 g/mol. The number of urea groups is 1. The Hall–Kier alpha value is -2.41. The van der Waals surface area contributed by atoms with E-state index in [1.165, 1.54) is 0 Å². The van der Waals surface area contributed by atoms with Gasteiger partial charge in [0.2, 0.25) is 0 Å². The number of rotatable bonds is 6. The number of hydrogen-bond acceptors (Lipinski definition) is 4. The van der Waals surface area contributed by atoms with E-state index in [0.29, 0.717) is 5.82 Å². The van der Waals surface area contributed by atoms with Crippen molar-refractivity contribution < 1.29 is 4.79 Å². The summed E-state index contributed by atoms with van der Waals surface area (Å²) in [6.45, 7) is 6.70. The summed E-state index contributed by atoms with van der Waals surface area (Å²) in [5.41, 5.74) is 1.91. The molecule has 0 radical (unpaired) electrons. The fraction of sp³-hybridized carbons (Fsp3) is 0.471. The lowest BCUT2D eigenvalue weighted by atomic mass is 10.0. The maximum absolute atomic E-state index is 12.3. The molecule has 0 aliphatic rings. The van der Waals surface area contributed by atoms with E-state index < -0.39 is 0 Å². The van der Waals surface area contributed by atoms with Gasteiger partial charge in [-0.2, -0.15) is 5.10 Å². The molecule has 24 heavy (non-hydrogen) atoms. The molecule has 0 spiro atoms. The third-order valence-electron chi connectivity index (χ3n) is 3.53. The van der Waals surface area contributed by atoms with Gasteiger partial charge in [0.1, 0.15) is 5.82 Å². The highest BCUT2D eigenvalue weighted by molar-refractivity contribution is 5.89. The molecule has 0 saturated carbocycles. The van der Waals surface area contributed by atoms with Crippen molar-refractivity contribution in [1.29, 1.82) is 0 Å². The lowest BCUT2D eigenvalue weighted by Crippen LogP contribution is -2.35. The number of aromatic nitrogens is 3. The van der Waals surface area contributed by atoms with Crippen molar-refractivity contribution in [2.45, 2.75) is 33.4 Å². The molecule has 7 nitrogen and oxygen atoms in total. The Morgan fingerprint density at radius 1 is 1.33 bits per heavy atom. The van der Waals surface area contributed by atoms with Crippen LogP contribution >= 0.6 is 0 Å². The molecule has 1 atom stereocenters. The third-order valence-corrected chi connectivity index (χ3v) is 3.53. The van der Waals surface area contributed by atoms with Crippen molar-refractivity contribution in [3.05, 3.63) is 41.5 Å². The van der Waals surface area contributed by atoms with Gasteiger partial charge in [-0.25, -0.2) is 9.78 Å². The van der Waals surface area contributed by atoms with Crippen LogP contribution in [0.3, 0.4) is 0 Å². The van der Waals surface area contributed by atoms with Crippen LogP contribution in [0.25, 0.3) is 0 Å². The van der Waals surface area contributed by atoms with Gasteiger partial charge in [0.05, 0.1) is 6.04 Å². The van der Waals surface area contributed by atoms with Gasteiger partial charge in [0.15, 0.2) is 5.82 Å². The molecule has 2 amide bonds. The molecule has 1 aromatic heterocycles. The van der Waals surface area contributed by atoms with Crippen LogP contribution in [0.2, 0.25) is 0 Å². The Balaban J connectivity index is 2.03. The zero-order valence-electron chi connectivity index (χ0n) is 14.9. The van der Waals surface area contributed by atoms with Crippen molar-refractivity contribution in [3.63, 3.8) is 0 Å². The molecule has 2 aromatic rings. The van der Waals surface area contributed by atoms with E-state index in [4.69, 9.17) is 0 Å². The minimum absolute atomic E-state index is 0.172. The van der Waals surface area contributed by atoms with E-state index in [0.717, 1.165) is 23.6 Å². The van der Waals surface area contributed by atoms with E-state index in [1.807, 2.05) is 59.1 Å². The topological polar surface area (TPSA) is 85.9 Å². The second-order valence-corrected chi connectivity index (χ2v) is 6.54. The summed E-state index contributed by atoms with van der Waals surface area (Å²) in [6.07, 6.45) is 0. The van der Waals surface area contributed by atoms with Gasteiger partial charge in [-0.1, -0.05) is 26.0 Å². The van der Waals surface area contributed by atoms with Gasteiger partial charge in [0.25, 0.3) is 0 Å². The number of H-pyrrole nitrogens is 1. The van der Waals surface area contributed by atoms with Gasteiger partial charge in [-0.3, -0.25) is 5.10 Å². The quantitative estimate of drug-likeness (QED) is 0.760. The number of aromatic amines is 1. The van der Waals surface area contributed by atoms with Crippen molar-refractivity contribution in [2.75, 3.05) is 19.4 Å². The normalized spacial score (nSPS) is 12.5. The summed E-state index contributed by atoms with van der Waals surface area (Å²) >= 11 is 0. The van der Waals surface area contributed by atoms with Crippen LogP contribution in [0.5, 0.6) is 0 Å².